The second-order valence-corrected chi connectivity index (χ2v) is 7.19. The topological polar surface area (TPSA) is 97.4 Å². The summed E-state index contributed by atoms with van der Waals surface area (Å²) in [6.45, 7) is 3.12. The Hall–Kier alpha value is -2.85. The third-order valence-corrected chi connectivity index (χ3v) is 5.27. The van der Waals surface area contributed by atoms with Gasteiger partial charge in [-0.3, -0.25) is 14.5 Å². The van der Waals surface area contributed by atoms with Crippen LogP contribution < -0.4 is 5.56 Å². The van der Waals surface area contributed by atoms with Gasteiger partial charge in [0.2, 0.25) is 11.7 Å². The van der Waals surface area contributed by atoms with E-state index in [-0.39, 0.29) is 17.2 Å². The maximum Gasteiger partial charge on any atom is 0.274 e. The quantitative estimate of drug-likeness (QED) is 0.656. The Morgan fingerprint density at radius 3 is 2.74 bits per heavy atom. The number of nitrogens with zero attached hydrogens (tertiary/aromatic N) is 6. The maximum absolute atomic E-state index is 12.6. The molecule has 27 heavy (non-hydrogen) atoms. The van der Waals surface area contributed by atoms with Crippen LogP contribution in [0.25, 0.3) is 10.7 Å². The predicted octanol–water partition coefficient (Wildman–Crippen LogP) is 0.850. The van der Waals surface area contributed by atoms with Crippen LogP contribution >= 0.6 is 11.3 Å². The minimum atomic E-state index is -0.238. The maximum atomic E-state index is 12.6. The first-order valence-corrected chi connectivity index (χ1v) is 9.40. The molecule has 0 radical (unpaired) electrons. The molecule has 1 amide bonds. The average molecular weight is 386 g/mol. The Bertz CT molecular complexity index is 988. The second kappa shape index (κ2) is 7.41. The van der Waals surface area contributed by atoms with E-state index >= 15 is 0 Å². The van der Waals surface area contributed by atoms with E-state index in [0.29, 0.717) is 44.4 Å². The van der Waals surface area contributed by atoms with E-state index in [4.69, 9.17) is 4.52 Å². The van der Waals surface area contributed by atoms with Crippen LogP contribution in [-0.2, 0) is 13.6 Å². The fourth-order valence-electron chi connectivity index (χ4n) is 2.90. The van der Waals surface area contributed by atoms with Gasteiger partial charge in [0.15, 0.2) is 0 Å². The van der Waals surface area contributed by atoms with Crippen molar-refractivity contribution < 1.29 is 9.32 Å². The average Bonchev–Trinajstić information content (AvgIpc) is 3.36. The summed E-state index contributed by atoms with van der Waals surface area (Å²) in [5, 5.41) is 10.0. The summed E-state index contributed by atoms with van der Waals surface area (Å²) < 4.78 is 6.51. The van der Waals surface area contributed by atoms with E-state index in [1.54, 1.807) is 16.2 Å². The van der Waals surface area contributed by atoms with Gasteiger partial charge in [0, 0.05) is 39.3 Å². The second-order valence-electron chi connectivity index (χ2n) is 6.24. The number of carbonyl (C=O) groups is 1. The fourth-order valence-corrected chi connectivity index (χ4v) is 3.55. The highest BCUT2D eigenvalue weighted by Gasteiger charge is 2.24. The van der Waals surface area contributed by atoms with Crippen molar-refractivity contribution in [2.45, 2.75) is 6.54 Å². The summed E-state index contributed by atoms with van der Waals surface area (Å²) in [5.74, 6) is 1.01. The van der Waals surface area contributed by atoms with Crippen molar-refractivity contribution in [3.05, 3.63) is 51.6 Å². The van der Waals surface area contributed by atoms with Crippen LogP contribution in [0.4, 0.5) is 0 Å². The SMILES string of the molecule is Cn1nc(C(=O)N2CCN(Cc3nc(-c4cccs4)no3)CC2)ccc1=O. The lowest BCUT2D eigenvalue weighted by molar-refractivity contribution is 0.0607. The Balaban J connectivity index is 1.34. The van der Waals surface area contributed by atoms with E-state index in [1.807, 2.05) is 17.5 Å². The zero-order valence-corrected chi connectivity index (χ0v) is 15.6. The first-order chi connectivity index (χ1) is 13.1. The van der Waals surface area contributed by atoms with Gasteiger partial charge in [0.1, 0.15) is 5.69 Å². The fraction of sp³-hybridized carbons (Fsp3) is 0.353. The molecule has 140 valence electrons. The predicted molar refractivity (Wildman–Crippen MR) is 98.3 cm³/mol. The van der Waals surface area contributed by atoms with Crippen molar-refractivity contribution in [3.8, 4) is 10.7 Å². The number of rotatable bonds is 4. The van der Waals surface area contributed by atoms with Crippen molar-refractivity contribution >= 4 is 17.2 Å². The number of amides is 1. The third-order valence-electron chi connectivity index (χ3n) is 4.41. The number of carbonyl (C=O) groups excluding carboxylic acids is 1. The molecule has 0 spiro atoms. The summed E-state index contributed by atoms with van der Waals surface area (Å²) in [6, 6.07) is 6.74. The molecule has 4 rings (SSSR count). The highest BCUT2D eigenvalue weighted by molar-refractivity contribution is 7.13. The molecule has 3 aromatic heterocycles. The molecule has 0 bridgehead atoms. The van der Waals surface area contributed by atoms with Gasteiger partial charge in [-0.2, -0.15) is 10.1 Å². The number of thiophene rings is 1. The number of hydrogen-bond acceptors (Lipinski definition) is 8. The lowest BCUT2D eigenvalue weighted by Crippen LogP contribution is -2.48. The molecule has 0 unspecified atom stereocenters. The first-order valence-electron chi connectivity index (χ1n) is 8.52. The summed E-state index contributed by atoms with van der Waals surface area (Å²) in [4.78, 5) is 33.3. The summed E-state index contributed by atoms with van der Waals surface area (Å²) in [5.41, 5.74) is 0.0425. The summed E-state index contributed by atoms with van der Waals surface area (Å²) in [6.07, 6.45) is 0. The molecule has 1 fully saturated rings. The Labute approximate surface area is 158 Å². The van der Waals surface area contributed by atoms with Crippen LogP contribution in [0, 0.1) is 0 Å². The standard InChI is InChI=1S/C17H18N6O3S/c1-21-15(24)5-4-12(19-21)17(25)23-8-6-22(7-9-23)11-14-18-16(20-26-14)13-3-2-10-27-13/h2-5,10H,6-9,11H2,1H3. The normalized spacial score (nSPS) is 15.2. The van der Waals surface area contributed by atoms with Crippen LogP contribution in [-0.4, -0.2) is 61.8 Å². The highest BCUT2D eigenvalue weighted by atomic mass is 32.1. The molecule has 1 aliphatic rings. The Kier molecular flexibility index (Phi) is 4.82. The molecule has 1 saturated heterocycles. The minimum Gasteiger partial charge on any atom is -0.338 e. The number of aryl methyl sites for hydroxylation is 1. The largest absolute Gasteiger partial charge is 0.338 e. The summed E-state index contributed by atoms with van der Waals surface area (Å²) >= 11 is 1.57. The Morgan fingerprint density at radius 2 is 2.04 bits per heavy atom. The van der Waals surface area contributed by atoms with Gasteiger partial charge in [-0.25, -0.2) is 4.68 Å². The van der Waals surface area contributed by atoms with Crippen molar-refractivity contribution in [1.29, 1.82) is 0 Å². The molecule has 3 aromatic rings. The monoisotopic (exact) mass is 386 g/mol. The molecule has 10 heteroatoms. The highest BCUT2D eigenvalue weighted by Crippen LogP contribution is 2.21. The van der Waals surface area contributed by atoms with Gasteiger partial charge in [-0.05, 0) is 17.5 Å². The van der Waals surface area contributed by atoms with Crippen molar-refractivity contribution in [2.24, 2.45) is 7.05 Å². The number of hydrogen-bond donors (Lipinski definition) is 0. The lowest BCUT2D eigenvalue weighted by Gasteiger charge is -2.33. The molecule has 9 nitrogen and oxygen atoms in total. The minimum absolute atomic E-state index is 0.164. The summed E-state index contributed by atoms with van der Waals surface area (Å²) in [7, 11) is 1.53. The molecular weight excluding hydrogens is 368 g/mol. The molecule has 0 atom stereocenters. The lowest BCUT2D eigenvalue weighted by atomic mass is 10.2. The van der Waals surface area contributed by atoms with E-state index in [0.717, 1.165) is 4.88 Å². The van der Waals surface area contributed by atoms with Crippen LogP contribution in [0.1, 0.15) is 16.4 Å². The van der Waals surface area contributed by atoms with Crippen LogP contribution in [0.15, 0.2) is 39.0 Å². The molecular formula is C17H18N6O3S. The first kappa shape index (κ1) is 17.6. The molecule has 1 aliphatic heterocycles. The molecule has 0 aliphatic carbocycles. The molecule has 0 aromatic carbocycles. The van der Waals surface area contributed by atoms with Crippen LogP contribution in [0.2, 0.25) is 0 Å². The van der Waals surface area contributed by atoms with E-state index in [9.17, 15) is 9.59 Å². The smallest absolute Gasteiger partial charge is 0.274 e. The van der Waals surface area contributed by atoms with Gasteiger partial charge in [-0.1, -0.05) is 11.2 Å². The zero-order chi connectivity index (χ0) is 18.8. The number of aromatic nitrogens is 4. The van der Waals surface area contributed by atoms with E-state index in [2.05, 4.69) is 20.1 Å². The molecule has 0 N–H and O–H groups in total. The van der Waals surface area contributed by atoms with Crippen molar-refractivity contribution in [1.82, 2.24) is 29.7 Å². The van der Waals surface area contributed by atoms with Gasteiger partial charge in [-0.15, -0.1) is 11.3 Å². The van der Waals surface area contributed by atoms with Gasteiger partial charge in [0.05, 0.1) is 11.4 Å². The van der Waals surface area contributed by atoms with Gasteiger partial charge in [0.25, 0.3) is 11.5 Å². The van der Waals surface area contributed by atoms with Gasteiger partial charge < -0.3 is 9.42 Å². The zero-order valence-electron chi connectivity index (χ0n) is 14.7. The molecule has 0 saturated carbocycles. The molecule has 4 heterocycles. The van der Waals surface area contributed by atoms with Crippen molar-refractivity contribution in [3.63, 3.8) is 0 Å². The third kappa shape index (κ3) is 3.81. The van der Waals surface area contributed by atoms with Crippen LogP contribution in [0.5, 0.6) is 0 Å². The number of piperazine rings is 1. The van der Waals surface area contributed by atoms with E-state index < -0.39 is 0 Å². The van der Waals surface area contributed by atoms with Gasteiger partial charge >= 0.3 is 0 Å². The van der Waals surface area contributed by atoms with E-state index in [1.165, 1.54) is 23.9 Å². The van der Waals surface area contributed by atoms with Crippen LogP contribution in [0.3, 0.4) is 0 Å². The Morgan fingerprint density at radius 1 is 1.22 bits per heavy atom. The van der Waals surface area contributed by atoms with Crippen molar-refractivity contribution in [2.75, 3.05) is 26.2 Å².